The van der Waals surface area contributed by atoms with E-state index in [1.54, 1.807) is 18.3 Å². The minimum Gasteiger partial charge on any atom is -0.292 e. The normalized spacial score (nSPS) is 13.7. The Morgan fingerprint density at radius 3 is 2.94 bits per heavy atom. The lowest BCUT2D eigenvalue weighted by Crippen LogP contribution is -1.91. The van der Waals surface area contributed by atoms with Crippen LogP contribution in [0, 0.1) is 0 Å². The highest BCUT2D eigenvalue weighted by atomic mass is 32.1. The summed E-state index contributed by atoms with van der Waals surface area (Å²) in [4.78, 5) is 17.2. The zero-order valence-electron chi connectivity index (χ0n) is 9.69. The number of fused-ring (bicyclic) bond motifs is 3. The number of carbonyl (C=O) groups excluding carboxylic acids is 1. The average molecular weight is 243 g/mol. The first-order valence-electron chi connectivity index (χ1n) is 5.84. The van der Waals surface area contributed by atoms with E-state index in [0.717, 1.165) is 25.0 Å². The molecule has 0 atom stereocenters. The van der Waals surface area contributed by atoms with Crippen LogP contribution in [-0.2, 0) is 12.8 Å². The van der Waals surface area contributed by atoms with Crippen molar-refractivity contribution < 1.29 is 4.79 Å². The zero-order valence-corrected chi connectivity index (χ0v) is 10.5. The third-order valence-electron chi connectivity index (χ3n) is 3.12. The van der Waals surface area contributed by atoms with E-state index >= 15 is 0 Å². The van der Waals surface area contributed by atoms with E-state index in [2.05, 4.69) is 23.2 Å². The number of nitrogens with zero attached hydrogens (tertiary/aromatic N) is 1. The Morgan fingerprint density at radius 1 is 1.29 bits per heavy atom. The smallest absolute Gasteiger partial charge is 0.188 e. The van der Waals surface area contributed by atoms with E-state index in [1.165, 1.54) is 16.0 Å². The van der Waals surface area contributed by atoms with Gasteiger partial charge in [0.05, 0.1) is 5.69 Å². The molecule has 2 aromatic rings. The van der Waals surface area contributed by atoms with Crippen molar-refractivity contribution in [3.8, 4) is 11.3 Å². The maximum Gasteiger partial charge on any atom is 0.188 e. The summed E-state index contributed by atoms with van der Waals surface area (Å²) in [6, 6.07) is 8.39. The van der Waals surface area contributed by atoms with Gasteiger partial charge in [-0.3, -0.25) is 4.79 Å². The van der Waals surface area contributed by atoms with Crippen molar-refractivity contribution in [1.82, 2.24) is 4.98 Å². The maximum absolute atomic E-state index is 11.4. The van der Waals surface area contributed by atoms with Gasteiger partial charge in [0.2, 0.25) is 0 Å². The molecule has 0 unspecified atom stereocenters. The van der Waals surface area contributed by atoms with Crippen LogP contribution >= 0.6 is 11.3 Å². The molecule has 1 aliphatic rings. The van der Waals surface area contributed by atoms with E-state index in [9.17, 15) is 4.79 Å². The van der Waals surface area contributed by atoms with Gasteiger partial charge in [0, 0.05) is 17.4 Å². The van der Waals surface area contributed by atoms with Crippen LogP contribution in [0.3, 0.4) is 0 Å². The van der Waals surface area contributed by atoms with Crippen molar-refractivity contribution in [2.75, 3.05) is 0 Å². The molecule has 2 nitrogen and oxygen atoms in total. The topological polar surface area (TPSA) is 30.0 Å². The van der Waals surface area contributed by atoms with Crippen LogP contribution in [0.25, 0.3) is 11.3 Å². The van der Waals surface area contributed by atoms with Crippen molar-refractivity contribution >= 4 is 17.1 Å². The van der Waals surface area contributed by atoms with Crippen molar-refractivity contribution in [3.63, 3.8) is 0 Å². The molecule has 0 bridgehead atoms. The Balaban J connectivity index is 2.21. The van der Waals surface area contributed by atoms with Gasteiger partial charge < -0.3 is 0 Å². The summed E-state index contributed by atoms with van der Waals surface area (Å²) in [6.07, 6.45) is 3.28. The predicted molar refractivity (Wildman–Crippen MR) is 69.6 cm³/mol. The summed E-state index contributed by atoms with van der Waals surface area (Å²) in [5, 5.41) is 0.645. The highest BCUT2D eigenvalue weighted by Gasteiger charge is 2.19. The molecule has 0 fully saturated rings. The van der Waals surface area contributed by atoms with Gasteiger partial charge in [-0.25, -0.2) is 4.98 Å². The molecule has 0 saturated heterocycles. The van der Waals surface area contributed by atoms with E-state index in [0.29, 0.717) is 5.01 Å². The highest BCUT2D eigenvalue weighted by molar-refractivity contribution is 7.14. The number of thiazole rings is 1. The summed E-state index contributed by atoms with van der Waals surface area (Å²) in [5.74, 6) is 0.0700. The Kier molecular flexibility index (Phi) is 2.56. The number of rotatable bonds is 1. The number of hydrogen-bond acceptors (Lipinski definition) is 3. The number of hydrogen-bond donors (Lipinski definition) is 0. The molecule has 1 aromatic heterocycles. The van der Waals surface area contributed by atoms with Crippen molar-refractivity contribution in [2.45, 2.75) is 26.2 Å². The molecule has 3 rings (SSSR count). The van der Waals surface area contributed by atoms with Gasteiger partial charge in [-0.05, 0) is 24.8 Å². The fourth-order valence-electron chi connectivity index (χ4n) is 2.29. The lowest BCUT2D eigenvalue weighted by atomic mass is 10.0. The Bertz CT molecular complexity index is 586. The molecule has 0 aliphatic heterocycles. The Morgan fingerprint density at radius 2 is 2.12 bits per heavy atom. The molecule has 17 heavy (non-hydrogen) atoms. The second-order valence-corrected chi connectivity index (χ2v) is 5.44. The van der Waals surface area contributed by atoms with E-state index in [1.807, 2.05) is 6.07 Å². The third kappa shape index (κ3) is 1.80. The van der Waals surface area contributed by atoms with Crippen molar-refractivity contribution in [2.24, 2.45) is 0 Å². The maximum atomic E-state index is 11.4. The van der Waals surface area contributed by atoms with Gasteiger partial charge in [0.15, 0.2) is 10.8 Å². The summed E-state index contributed by atoms with van der Waals surface area (Å²) in [6.45, 7) is 1.59. The fraction of sp³-hybridized carbons (Fsp3) is 0.286. The largest absolute Gasteiger partial charge is 0.292 e. The number of carbonyl (C=O) groups is 1. The van der Waals surface area contributed by atoms with Crippen LogP contribution in [0.5, 0.6) is 0 Å². The minimum absolute atomic E-state index is 0.0700. The second kappa shape index (κ2) is 4.08. The molecule has 0 amide bonds. The number of benzene rings is 1. The van der Waals surface area contributed by atoms with Crippen LogP contribution in [0.15, 0.2) is 24.3 Å². The first-order chi connectivity index (χ1) is 8.25. The summed E-state index contributed by atoms with van der Waals surface area (Å²) >= 11 is 1.56. The number of Topliss-reactive ketones (excluding diaryl/α,β-unsaturated/α-hetero) is 1. The molecule has 0 N–H and O–H groups in total. The molecule has 1 aromatic carbocycles. The van der Waals surface area contributed by atoms with Crippen molar-refractivity contribution in [1.29, 1.82) is 0 Å². The first-order valence-corrected chi connectivity index (χ1v) is 6.66. The summed E-state index contributed by atoms with van der Waals surface area (Å²) in [7, 11) is 0. The molecule has 1 heterocycles. The lowest BCUT2D eigenvalue weighted by Gasteiger charge is -2.03. The van der Waals surface area contributed by atoms with Crippen LogP contribution in [-0.4, -0.2) is 10.8 Å². The van der Waals surface area contributed by atoms with E-state index < -0.39 is 0 Å². The SMILES string of the molecule is CC(=O)c1nc2c(s1)CCCc1ccccc1-2. The molecular weight excluding hydrogens is 230 g/mol. The molecule has 3 heteroatoms. The third-order valence-corrected chi connectivity index (χ3v) is 4.34. The predicted octanol–water partition coefficient (Wildman–Crippen LogP) is 3.50. The van der Waals surface area contributed by atoms with Gasteiger partial charge >= 0.3 is 0 Å². The van der Waals surface area contributed by atoms with Gasteiger partial charge in [-0.15, -0.1) is 11.3 Å². The molecule has 0 saturated carbocycles. The zero-order chi connectivity index (χ0) is 11.8. The number of aromatic nitrogens is 1. The summed E-state index contributed by atoms with van der Waals surface area (Å²) in [5.41, 5.74) is 3.60. The lowest BCUT2D eigenvalue weighted by molar-refractivity contribution is 0.101. The minimum atomic E-state index is 0.0700. The van der Waals surface area contributed by atoms with Gasteiger partial charge in [-0.2, -0.15) is 0 Å². The quantitative estimate of drug-likeness (QED) is 0.717. The molecule has 86 valence electrons. The number of aryl methyl sites for hydroxylation is 2. The van der Waals surface area contributed by atoms with E-state index in [-0.39, 0.29) is 5.78 Å². The summed E-state index contributed by atoms with van der Waals surface area (Å²) < 4.78 is 0. The standard InChI is InChI=1S/C14H13NOS/c1-9(16)14-15-13-11-7-3-2-5-10(11)6-4-8-12(13)17-14/h2-3,5,7H,4,6,8H2,1H3. The molecule has 1 aliphatic carbocycles. The van der Waals surface area contributed by atoms with Crippen LogP contribution in [0.2, 0.25) is 0 Å². The van der Waals surface area contributed by atoms with Crippen molar-refractivity contribution in [3.05, 3.63) is 39.7 Å². The second-order valence-electron chi connectivity index (χ2n) is 4.36. The monoisotopic (exact) mass is 243 g/mol. The molecule has 0 radical (unpaired) electrons. The molecular formula is C14H13NOS. The van der Waals surface area contributed by atoms with Crippen LogP contribution in [0.1, 0.15) is 33.6 Å². The average Bonchev–Trinajstić information content (AvgIpc) is 2.67. The van der Waals surface area contributed by atoms with Gasteiger partial charge in [0.25, 0.3) is 0 Å². The van der Waals surface area contributed by atoms with E-state index in [4.69, 9.17) is 0 Å². The first kappa shape index (κ1) is 10.7. The van der Waals surface area contributed by atoms with Gasteiger partial charge in [0.1, 0.15) is 0 Å². The fourth-order valence-corrected chi connectivity index (χ4v) is 3.30. The van der Waals surface area contributed by atoms with Crippen LogP contribution in [0.4, 0.5) is 0 Å². The molecule has 0 spiro atoms. The Hall–Kier alpha value is -1.48. The number of ketones is 1. The highest BCUT2D eigenvalue weighted by Crippen LogP contribution is 2.35. The Labute approximate surface area is 104 Å². The van der Waals surface area contributed by atoms with Crippen LogP contribution < -0.4 is 0 Å². The van der Waals surface area contributed by atoms with Gasteiger partial charge in [-0.1, -0.05) is 24.3 Å².